The number of amides is 1. The molecule has 0 aromatic heterocycles. The van der Waals surface area contributed by atoms with E-state index in [4.69, 9.17) is 0 Å². The Hall–Kier alpha value is -0.280. The number of carbonyl (C=O) groups excluding carboxylic acids is 1. The van der Waals surface area contributed by atoms with Crippen LogP contribution >= 0.6 is 12.4 Å². The second kappa shape index (κ2) is 5.25. The largest absolute Gasteiger partial charge is 0.339 e. The van der Waals surface area contributed by atoms with Crippen molar-refractivity contribution in [2.75, 3.05) is 19.6 Å². The predicted molar refractivity (Wildman–Crippen MR) is 77.4 cm³/mol. The fraction of sp³-hybridized carbons (Fsp3) is 0.933. The van der Waals surface area contributed by atoms with E-state index >= 15 is 0 Å². The lowest BCUT2D eigenvalue weighted by molar-refractivity contribution is -0.150. The van der Waals surface area contributed by atoms with Crippen molar-refractivity contribution in [1.82, 2.24) is 9.80 Å². The topological polar surface area (TPSA) is 23.6 Å². The number of halogens is 1. The number of fused-ring (bicyclic) bond motifs is 2. The molecule has 0 aromatic rings. The van der Waals surface area contributed by atoms with E-state index in [1.54, 1.807) is 0 Å². The number of piperidine rings is 4. The lowest BCUT2D eigenvalue weighted by atomic mass is 9.68. The van der Waals surface area contributed by atoms with E-state index in [0.717, 1.165) is 37.3 Å². The summed E-state index contributed by atoms with van der Waals surface area (Å²) in [5.41, 5.74) is 0. The molecular formula is C15H25ClN2O. The van der Waals surface area contributed by atoms with Gasteiger partial charge in [-0.3, -0.25) is 9.69 Å². The summed E-state index contributed by atoms with van der Waals surface area (Å²) in [5.74, 6) is 2.02. The fourth-order valence-corrected chi connectivity index (χ4v) is 5.26. The third kappa shape index (κ3) is 2.09. The Morgan fingerprint density at radius 3 is 2.63 bits per heavy atom. The number of hydrogen-bond acceptors (Lipinski definition) is 2. The summed E-state index contributed by atoms with van der Waals surface area (Å²) < 4.78 is 0. The lowest BCUT2D eigenvalue weighted by Crippen LogP contribution is -2.66. The molecule has 3 nitrogen and oxygen atoms in total. The average molecular weight is 285 g/mol. The predicted octanol–water partition coefficient (Wildman–Crippen LogP) is 2.29. The summed E-state index contributed by atoms with van der Waals surface area (Å²) in [7, 11) is 0. The van der Waals surface area contributed by atoms with Gasteiger partial charge in [0.05, 0.1) is 0 Å². The minimum atomic E-state index is 0. The maximum atomic E-state index is 12.2. The molecule has 4 rings (SSSR count). The van der Waals surface area contributed by atoms with Gasteiger partial charge in [-0.2, -0.15) is 0 Å². The van der Waals surface area contributed by atoms with Crippen LogP contribution in [0.15, 0.2) is 0 Å². The SMILES string of the molecule is Cl.O=C1CCC[C@@H]2[C@@H]3CCCN4CCC[C@H](CN12)[C@H]34. The van der Waals surface area contributed by atoms with Crippen molar-refractivity contribution in [2.24, 2.45) is 11.8 Å². The minimum absolute atomic E-state index is 0. The van der Waals surface area contributed by atoms with Crippen molar-refractivity contribution in [2.45, 2.75) is 57.0 Å². The van der Waals surface area contributed by atoms with Crippen LogP contribution in [0.25, 0.3) is 0 Å². The Labute approximate surface area is 122 Å². The van der Waals surface area contributed by atoms with Gasteiger partial charge in [0, 0.05) is 25.0 Å². The zero-order valence-electron chi connectivity index (χ0n) is 11.6. The van der Waals surface area contributed by atoms with E-state index in [0.29, 0.717) is 11.9 Å². The molecule has 4 fully saturated rings. The molecule has 0 unspecified atom stereocenters. The van der Waals surface area contributed by atoms with Crippen LogP contribution in [-0.2, 0) is 4.79 Å². The summed E-state index contributed by atoms with van der Waals surface area (Å²) in [4.78, 5) is 17.2. The first-order valence-electron chi connectivity index (χ1n) is 7.88. The molecule has 4 atom stereocenters. The first kappa shape index (κ1) is 13.7. The molecule has 0 radical (unpaired) electrons. The molecule has 4 aliphatic heterocycles. The van der Waals surface area contributed by atoms with Crippen molar-refractivity contribution < 1.29 is 4.79 Å². The monoisotopic (exact) mass is 284 g/mol. The summed E-state index contributed by atoms with van der Waals surface area (Å²) in [5, 5.41) is 0. The Morgan fingerprint density at radius 1 is 1.00 bits per heavy atom. The van der Waals surface area contributed by atoms with E-state index < -0.39 is 0 Å². The van der Waals surface area contributed by atoms with Gasteiger partial charge in [0.15, 0.2) is 0 Å². The van der Waals surface area contributed by atoms with Gasteiger partial charge < -0.3 is 4.90 Å². The minimum Gasteiger partial charge on any atom is -0.339 e. The third-order valence-electron chi connectivity index (χ3n) is 5.88. The second-order valence-corrected chi connectivity index (χ2v) is 6.74. The van der Waals surface area contributed by atoms with Crippen molar-refractivity contribution >= 4 is 18.3 Å². The van der Waals surface area contributed by atoms with Crippen molar-refractivity contribution in [1.29, 1.82) is 0 Å². The van der Waals surface area contributed by atoms with Crippen LogP contribution in [0.5, 0.6) is 0 Å². The van der Waals surface area contributed by atoms with Gasteiger partial charge >= 0.3 is 0 Å². The Balaban J connectivity index is 0.00000110. The summed E-state index contributed by atoms with van der Waals surface area (Å²) >= 11 is 0. The Kier molecular flexibility index (Phi) is 3.78. The van der Waals surface area contributed by atoms with E-state index in [1.807, 2.05) is 0 Å². The highest BCUT2D eigenvalue weighted by molar-refractivity contribution is 5.85. The van der Waals surface area contributed by atoms with Crippen molar-refractivity contribution in [3.63, 3.8) is 0 Å². The normalized spacial score (nSPS) is 42.1. The molecule has 4 heteroatoms. The molecule has 108 valence electrons. The van der Waals surface area contributed by atoms with Gasteiger partial charge in [-0.25, -0.2) is 0 Å². The summed E-state index contributed by atoms with van der Waals surface area (Å²) in [6.07, 6.45) is 8.64. The zero-order chi connectivity index (χ0) is 12.1. The number of rotatable bonds is 0. The summed E-state index contributed by atoms with van der Waals surface area (Å²) in [6.45, 7) is 3.71. The quantitative estimate of drug-likeness (QED) is 0.681. The fourth-order valence-electron chi connectivity index (χ4n) is 5.26. The Bertz CT molecular complexity index is 360. The van der Waals surface area contributed by atoms with Crippen molar-refractivity contribution in [3.8, 4) is 0 Å². The van der Waals surface area contributed by atoms with Gasteiger partial charge in [0.2, 0.25) is 5.91 Å². The maximum Gasteiger partial charge on any atom is 0.222 e. The number of hydrogen-bond donors (Lipinski definition) is 0. The maximum absolute atomic E-state index is 12.2. The van der Waals surface area contributed by atoms with E-state index in [-0.39, 0.29) is 12.4 Å². The van der Waals surface area contributed by atoms with Gasteiger partial charge in [0.1, 0.15) is 0 Å². The molecule has 0 spiro atoms. The average Bonchev–Trinajstić information content (AvgIpc) is 2.41. The molecule has 4 saturated heterocycles. The molecule has 4 aliphatic rings. The second-order valence-electron chi connectivity index (χ2n) is 6.74. The summed E-state index contributed by atoms with van der Waals surface area (Å²) in [6, 6.07) is 1.41. The van der Waals surface area contributed by atoms with Crippen LogP contribution in [-0.4, -0.2) is 47.4 Å². The third-order valence-corrected chi connectivity index (χ3v) is 5.88. The van der Waals surface area contributed by atoms with Gasteiger partial charge in [-0.05, 0) is 63.5 Å². The van der Waals surface area contributed by atoms with Crippen LogP contribution in [0.2, 0.25) is 0 Å². The highest BCUT2D eigenvalue weighted by atomic mass is 35.5. The molecule has 19 heavy (non-hydrogen) atoms. The highest BCUT2D eigenvalue weighted by Crippen LogP contribution is 2.44. The number of nitrogens with zero attached hydrogens (tertiary/aromatic N) is 2. The van der Waals surface area contributed by atoms with Gasteiger partial charge in [0.25, 0.3) is 0 Å². The van der Waals surface area contributed by atoms with Crippen LogP contribution in [0, 0.1) is 11.8 Å². The van der Waals surface area contributed by atoms with Gasteiger partial charge in [-0.15, -0.1) is 12.4 Å². The molecule has 0 bridgehead atoms. The van der Waals surface area contributed by atoms with Crippen LogP contribution in [0.1, 0.15) is 44.9 Å². The first-order valence-corrected chi connectivity index (χ1v) is 7.88. The van der Waals surface area contributed by atoms with E-state index in [2.05, 4.69) is 9.80 Å². The number of carbonyl (C=O) groups is 1. The zero-order valence-corrected chi connectivity index (χ0v) is 12.4. The van der Waals surface area contributed by atoms with E-state index in [1.165, 1.54) is 45.2 Å². The molecule has 0 saturated carbocycles. The molecule has 0 N–H and O–H groups in total. The van der Waals surface area contributed by atoms with Gasteiger partial charge in [-0.1, -0.05) is 0 Å². The molecular weight excluding hydrogens is 260 g/mol. The van der Waals surface area contributed by atoms with Crippen LogP contribution in [0.3, 0.4) is 0 Å². The smallest absolute Gasteiger partial charge is 0.222 e. The van der Waals surface area contributed by atoms with Crippen LogP contribution in [0.4, 0.5) is 0 Å². The van der Waals surface area contributed by atoms with Crippen LogP contribution < -0.4 is 0 Å². The Morgan fingerprint density at radius 2 is 1.79 bits per heavy atom. The molecule has 0 aromatic carbocycles. The standard InChI is InChI=1S/C15H24N2O.ClH/c18-14-7-1-6-13-12-5-3-9-16-8-2-4-11(15(12)16)10-17(13)14;/h11-13,15H,1-10H2;1H/t11-,12+,13-,15-;/m1./s1. The molecule has 0 aliphatic carbocycles. The lowest BCUT2D eigenvalue weighted by Gasteiger charge is -2.58. The van der Waals surface area contributed by atoms with E-state index in [9.17, 15) is 4.79 Å². The molecule has 1 amide bonds. The van der Waals surface area contributed by atoms with Crippen molar-refractivity contribution in [3.05, 3.63) is 0 Å². The molecule has 4 heterocycles. The first-order chi connectivity index (χ1) is 8.84. The highest BCUT2D eigenvalue weighted by Gasteiger charge is 2.50.